The van der Waals surface area contributed by atoms with Crippen molar-refractivity contribution in [1.29, 1.82) is 0 Å². The molecule has 0 atom stereocenters. The van der Waals surface area contributed by atoms with Crippen LogP contribution in [0.25, 0.3) is 0 Å². The molecule has 0 aromatic rings. The van der Waals surface area contributed by atoms with Crippen LogP contribution in [0.3, 0.4) is 0 Å². The molecule has 0 aromatic heterocycles. The molecule has 0 rings (SSSR count). The van der Waals surface area contributed by atoms with Crippen molar-refractivity contribution in [2.45, 2.75) is 0 Å². The second kappa shape index (κ2) is 15.8. The summed E-state index contributed by atoms with van der Waals surface area (Å²) in [7, 11) is 0. The third-order valence-corrected chi connectivity index (χ3v) is 0. The predicted octanol–water partition coefficient (Wildman–Crippen LogP) is -2.79. The summed E-state index contributed by atoms with van der Waals surface area (Å²) in [6.07, 6.45) is -1.83. The molecule has 0 amide bonds. The van der Waals surface area contributed by atoms with E-state index in [1.165, 1.54) is 0 Å². The number of rotatable bonds is 0. The van der Waals surface area contributed by atoms with Gasteiger partial charge in [-0.3, -0.25) is 0 Å². The summed E-state index contributed by atoms with van der Waals surface area (Å²) in [4.78, 5) is 8.56. The average Bonchev–Trinajstić information content (AvgIpc) is 0.811. The summed E-state index contributed by atoms with van der Waals surface area (Å²) in [5, 5.41) is 13.9. The normalized spacial score (nSPS) is 3.43. The van der Waals surface area contributed by atoms with Crippen LogP contribution in [0.15, 0.2) is 0 Å². The Morgan fingerprint density at radius 1 is 1.14 bits per heavy atom. The minimum atomic E-state index is -1.83. The summed E-state index contributed by atoms with van der Waals surface area (Å²) in [6, 6.07) is 0. The Kier molecular flexibility index (Phi) is 55.6. The Hall–Kier alpha value is 0.932. The Bertz CT molecular complexity index is 35.9. The van der Waals surface area contributed by atoms with E-state index in [1.807, 2.05) is 0 Å². The van der Waals surface area contributed by atoms with Gasteiger partial charge in [0.05, 0.1) is 0 Å². The Morgan fingerprint density at radius 2 is 1.14 bits per heavy atom. The maximum atomic E-state index is 8.56. The first kappa shape index (κ1) is 24.7. The summed E-state index contributed by atoms with van der Waals surface area (Å²) in [5.74, 6) is 0. The molecule has 7 heavy (non-hydrogen) atoms. The standard InChI is InChI=1S/CH2O3.2Al.Li.7H/c2-1(3)4;;;;;;;;;;/h(H2,2,3,4);;;;;;;;;;. The van der Waals surface area contributed by atoms with Gasteiger partial charge in [0.1, 0.15) is 0 Å². The van der Waals surface area contributed by atoms with E-state index in [0.29, 0.717) is 0 Å². The third-order valence-electron chi connectivity index (χ3n) is 0. The van der Waals surface area contributed by atoms with E-state index in [9.17, 15) is 0 Å². The van der Waals surface area contributed by atoms with Crippen LogP contribution in [0.5, 0.6) is 0 Å². The zero-order chi connectivity index (χ0) is 3.58. The zero-order valence-electron chi connectivity index (χ0n) is 1.80. The van der Waals surface area contributed by atoms with Gasteiger partial charge in [-0.1, -0.05) is 0 Å². The van der Waals surface area contributed by atoms with Gasteiger partial charge in [-0.15, -0.1) is 0 Å². The topological polar surface area (TPSA) is 57.5 Å². The Balaban J connectivity index is -0.0000000150. The van der Waals surface area contributed by atoms with Crippen molar-refractivity contribution in [3.05, 3.63) is 0 Å². The van der Waals surface area contributed by atoms with Crippen molar-refractivity contribution in [2.24, 2.45) is 0 Å². The molecule has 3 nitrogen and oxygen atoms in total. The number of hydrogen-bond donors (Lipinski definition) is 2. The van der Waals surface area contributed by atoms with Crippen molar-refractivity contribution in [1.82, 2.24) is 0 Å². The molecule has 0 aliphatic heterocycles. The monoisotopic (exact) mass is 130 g/mol. The van der Waals surface area contributed by atoms with Crippen molar-refractivity contribution < 1.29 is 15.0 Å². The van der Waals surface area contributed by atoms with Gasteiger partial charge in [-0.2, -0.15) is 0 Å². The molecular weight excluding hydrogens is 121 g/mol. The second-order valence-electron chi connectivity index (χ2n) is 0.283. The number of carboxylic acid groups (broad SMARTS) is 2. The first-order valence-corrected chi connectivity index (χ1v) is 0.651. The fourth-order valence-corrected chi connectivity index (χ4v) is 0. The molecule has 0 saturated carbocycles. The average molecular weight is 130 g/mol. The fourth-order valence-electron chi connectivity index (χ4n) is 0. The Morgan fingerprint density at radius 3 is 1.14 bits per heavy atom. The molecule has 0 fully saturated rings. The molecule has 0 radical (unpaired) electrons. The van der Waals surface area contributed by atoms with E-state index >= 15 is 0 Å². The van der Waals surface area contributed by atoms with Gasteiger partial charge in [0.2, 0.25) is 0 Å². The van der Waals surface area contributed by atoms with Crippen molar-refractivity contribution in [2.75, 3.05) is 0 Å². The maximum absolute atomic E-state index is 8.56. The fraction of sp³-hybridized carbons (Fsp3) is 0. The molecule has 38 valence electrons. The number of carbonyl (C=O) groups is 1. The van der Waals surface area contributed by atoms with Gasteiger partial charge in [0.25, 0.3) is 0 Å². The van der Waals surface area contributed by atoms with Gasteiger partial charge >= 0.3 is 25.0 Å². The van der Waals surface area contributed by atoms with E-state index in [0.717, 1.165) is 0 Å². The van der Waals surface area contributed by atoms with Gasteiger partial charge in [-0.05, 0) is 0 Å². The van der Waals surface area contributed by atoms with Crippen LogP contribution in [0, 0.1) is 0 Å². The molecule has 6 heteroatoms. The summed E-state index contributed by atoms with van der Waals surface area (Å²) in [5.41, 5.74) is 0. The molecule has 0 bridgehead atoms. The zero-order valence-corrected chi connectivity index (χ0v) is 1.80. The van der Waals surface area contributed by atoms with Crippen LogP contribution in [0.2, 0.25) is 0 Å². The van der Waals surface area contributed by atoms with Crippen LogP contribution in [0.4, 0.5) is 4.79 Å². The predicted molar refractivity (Wildman–Crippen MR) is 37.7 cm³/mol. The van der Waals surface area contributed by atoms with Crippen LogP contribution in [-0.2, 0) is 0 Å². The quantitative estimate of drug-likeness (QED) is 0.348. The van der Waals surface area contributed by atoms with Gasteiger partial charge in [0.15, 0.2) is 34.7 Å². The first-order chi connectivity index (χ1) is 1.73. The molecule has 0 heterocycles. The van der Waals surface area contributed by atoms with E-state index in [1.54, 1.807) is 0 Å². The van der Waals surface area contributed by atoms with Crippen LogP contribution < -0.4 is 0 Å². The van der Waals surface area contributed by atoms with E-state index < -0.39 is 6.16 Å². The van der Waals surface area contributed by atoms with E-state index in [4.69, 9.17) is 15.0 Å². The molecule has 0 unspecified atom stereocenters. The van der Waals surface area contributed by atoms with Crippen molar-refractivity contribution >= 4 is 59.7 Å². The molecule has 0 aliphatic carbocycles. The molecule has 0 saturated heterocycles. The first-order valence-electron chi connectivity index (χ1n) is 0.651. The SMILES string of the molecule is O=C(O)O.[AlH3].[AlH3].[LiH]. The summed E-state index contributed by atoms with van der Waals surface area (Å²) < 4.78 is 0. The van der Waals surface area contributed by atoms with Crippen LogP contribution >= 0.6 is 0 Å². The van der Waals surface area contributed by atoms with Crippen LogP contribution in [-0.4, -0.2) is 70.0 Å². The molecule has 0 aliphatic rings. The molecule has 0 aromatic carbocycles. The summed E-state index contributed by atoms with van der Waals surface area (Å²) >= 11 is 0. The van der Waals surface area contributed by atoms with Crippen molar-refractivity contribution in [3.8, 4) is 0 Å². The van der Waals surface area contributed by atoms with E-state index in [2.05, 4.69) is 0 Å². The Labute approximate surface area is 74.5 Å². The number of hydrogen-bond acceptors (Lipinski definition) is 1. The molecular formula is CH9Al2LiO3. The summed E-state index contributed by atoms with van der Waals surface area (Å²) in [6.45, 7) is 0. The third kappa shape index (κ3) is 194. The molecule has 2 N–H and O–H groups in total. The van der Waals surface area contributed by atoms with E-state index in [-0.39, 0.29) is 53.6 Å². The minimum absolute atomic E-state index is 0. The molecule has 0 spiro atoms. The van der Waals surface area contributed by atoms with Gasteiger partial charge in [0, 0.05) is 0 Å². The second-order valence-corrected chi connectivity index (χ2v) is 0.283. The van der Waals surface area contributed by atoms with Crippen LogP contribution in [0.1, 0.15) is 0 Å². The van der Waals surface area contributed by atoms with Gasteiger partial charge in [-0.25, -0.2) is 4.79 Å². The van der Waals surface area contributed by atoms with Gasteiger partial charge < -0.3 is 10.2 Å². The van der Waals surface area contributed by atoms with Crippen molar-refractivity contribution in [3.63, 3.8) is 0 Å².